The summed E-state index contributed by atoms with van der Waals surface area (Å²) in [7, 11) is -4.06. The lowest BCUT2D eigenvalue weighted by atomic mass is 9.89. The Kier molecular flexibility index (Phi) is 7.04. The van der Waals surface area contributed by atoms with Crippen LogP contribution in [0.15, 0.2) is 53.4 Å². The van der Waals surface area contributed by atoms with Crippen molar-refractivity contribution >= 4 is 21.9 Å². The molecule has 4 rings (SSSR count). The van der Waals surface area contributed by atoms with Gasteiger partial charge in [0.2, 0.25) is 11.8 Å². The van der Waals surface area contributed by atoms with Crippen LogP contribution in [0.1, 0.15) is 55.1 Å². The summed E-state index contributed by atoms with van der Waals surface area (Å²) in [6, 6.07) is 13.2. The fraction of sp³-hybridized carbons (Fsp3) is 0.370. The molecule has 4 bridgehead atoms. The highest BCUT2D eigenvalue weighted by molar-refractivity contribution is 7.92. The van der Waals surface area contributed by atoms with Gasteiger partial charge in [0.1, 0.15) is 6.61 Å². The molecule has 0 saturated heterocycles. The van der Waals surface area contributed by atoms with E-state index in [-0.39, 0.29) is 46.3 Å². The zero-order chi connectivity index (χ0) is 26.1. The number of carbonyl (C=O) groups excluding carboxylic acids is 1. The number of aryl methyl sites for hydroxylation is 2. The number of sulfonamides is 1. The Morgan fingerprint density at radius 2 is 1.72 bits per heavy atom. The highest BCUT2D eigenvalue weighted by atomic mass is 32.2. The minimum atomic E-state index is -4.06. The fourth-order valence-corrected chi connectivity index (χ4v) is 5.12. The third kappa shape index (κ3) is 6.02. The van der Waals surface area contributed by atoms with Crippen molar-refractivity contribution in [2.45, 2.75) is 58.4 Å². The van der Waals surface area contributed by atoms with E-state index in [2.05, 4.69) is 40.8 Å². The zero-order valence-corrected chi connectivity index (χ0v) is 22.1. The summed E-state index contributed by atoms with van der Waals surface area (Å²) in [5, 5.41) is 3.01. The number of anilines is 1. The predicted octanol–water partition coefficient (Wildman–Crippen LogP) is 4.88. The zero-order valence-electron chi connectivity index (χ0n) is 21.3. The fourth-order valence-electron chi connectivity index (χ4n) is 4.13. The number of benzene rings is 2. The summed E-state index contributed by atoms with van der Waals surface area (Å²) in [6.45, 7) is 10.5. The number of nitrogens with zero attached hydrogens (tertiary/aromatic N) is 2. The van der Waals surface area contributed by atoms with Gasteiger partial charge in [-0.3, -0.25) is 4.79 Å². The molecule has 1 unspecified atom stereocenters. The maximum Gasteiger partial charge on any atom is 0.264 e. The number of carbonyl (C=O) groups is 1. The molecule has 0 saturated carbocycles. The molecule has 9 heteroatoms. The molecule has 2 heterocycles. The highest BCUT2D eigenvalue weighted by Crippen LogP contribution is 2.30. The molecule has 190 valence electrons. The van der Waals surface area contributed by atoms with Gasteiger partial charge < -0.3 is 10.1 Å². The van der Waals surface area contributed by atoms with E-state index >= 15 is 0 Å². The Hall–Kier alpha value is -3.46. The minimum Gasteiger partial charge on any atom is -0.475 e. The van der Waals surface area contributed by atoms with Crippen LogP contribution in [0, 0.1) is 19.3 Å². The molecule has 2 N–H and O–H groups in total. The van der Waals surface area contributed by atoms with E-state index < -0.39 is 10.0 Å². The summed E-state index contributed by atoms with van der Waals surface area (Å²) in [5.41, 5.74) is 3.74. The van der Waals surface area contributed by atoms with Gasteiger partial charge in [0.05, 0.1) is 16.6 Å². The van der Waals surface area contributed by atoms with Gasteiger partial charge >= 0.3 is 0 Å². The van der Waals surface area contributed by atoms with Crippen molar-refractivity contribution in [1.29, 1.82) is 0 Å². The molecule has 8 nitrogen and oxygen atoms in total. The summed E-state index contributed by atoms with van der Waals surface area (Å²) < 4.78 is 34.9. The molecule has 3 aromatic rings. The van der Waals surface area contributed by atoms with E-state index in [4.69, 9.17) is 4.74 Å². The molecule has 0 fully saturated rings. The summed E-state index contributed by atoms with van der Waals surface area (Å²) >= 11 is 0. The van der Waals surface area contributed by atoms with Crippen LogP contribution in [0.2, 0.25) is 0 Å². The normalized spacial score (nSPS) is 17.5. The van der Waals surface area contributed by atoms with E-state index in [1.54, 1.807) is 18.2 Å². The number of aromatic nitrogens is 2. The van der Waals surface area contributed by atoms with Crippen molar-refractivity contribution < 1.29 is 17.9 Å². The van der Waals surface area contributed by atoms with E-state index in [0.29, 0.717) is 12.1 Å². The smallest absolute Gasteiger partial charge is 0.264 e. The van der Waals surface area contributed by atoms with Crippen LogP contribution >= 0.6 is 0 Å². The number of ether oxygens (including phenoxy) is 1. The molecule has 1 aromatic heterocycles. The third-order valence-electron chi connectivity index (χ3n) is 6.08. The molecule has 0 spiro atoms. The first kappa shape index (κ1) is 25.6. The maximum atomic E-state index is 13.2. The van der Waals surface area contributed by atoms with Crippen molar-refractivity contribution in [3.63, 3.8) is 0 Å². The molecule has 1 atom stereocenters. The topological polar surface area (TPSA) is 110 Å². The maximum absolute atomic E-state index is 13.2. The lowest BCUT2D eigenvalue weighted by Crippen LogP contribution is -2.39. The number of hydrogen-bond acceptors (Lipinski definition) is 6. The molecular formula is C27H32N4O4S. The average molecular weight is 509 g/mol. The lowest BCUT2D eigenvalue weighted by Gasteiger charge is -2.24. The van der Waals surface area contributed by atoms with Crippen molar-refractivity contribution in [2.24, 2.45) is 5.41 Å². The van der Waals surface area contributed by atoms with Crippen molar-refractivity contribution in [2.75, 3.05) is 11.3 Å². The van der Waals surface area contributed by atoms with E-state index in [9.17, 15) is 13.2 Å². The van der Waals surface area contributed by atoms with Crippen LogP contribution in [0.4, 0.5) is 5.95 Å². The summed E-state index contributed by atoms with van der Waals surface area (Å²) in [4.78, 5) is 21.8. The van der Waals surface area contributed by atoms with Gasteiger partial charge in [-0.15, -0.1) is 0 Å². The SMILES string of the molecule is Cc1cccc(C)c1-c1cc2nc(n1)NS(=O)(=O)c1cccc(c1)C(=O)NC(CCC(C)(C)C)CO2. The molecule has 1 aliphatic heterocycles. The molecular weight excluding hydrogens is 476 g/mol. The summed E-state index contributed by atoms with van der Waals surface area (Å²) in [5.74, 6) is -0.232. The average Bonchev–Trinajstić information content (AvgIpc) is 2.79. The van der Waals surface area contributed by atoms with Crippen molar-refractivity contribution in [3.05, 3.63) is 65.2 Å². The van der Waals surface area contributed by atoms with Gasteiger partial charge in [0.15, 0.2) is 0 Å². The molecule has 1 amide bonds. The molecule has 2 aromatic carbocycles. The Labute approximate surface area is 212 Å². The second kappa shape index (κ2) is 9.89. The van der Waals surface area contributed by atoms with Crippen LogP contribution in [0.25, 0.3) is 11.3 Å². The van der Waals surface area contributed by atoms with Crippen LogP contribution in [0.5, 0.6) is 5.88 Å². The van der Waals surface area contributed by atoms with Crippen molar-refractivity contribution in [1.82, 2.24) is 15.3 Å². The minimum absolute atomic E-state index is 0.0517. The quantitative estimate of drug-likeness (QED) is 0.522. The first-order chi connectivity index (χ1) is 16.9. The highest BCUT2D eigenvalue weighted by Gasteiger charge is 2.24. The van der Waals surface area contributed by atoms with Crippen LogP contribution in [-0.4, -0.2) is 36.9 Å². The van der Waals surface area contributed by atoms with Gasteiger partial charge in [0, 0.05) is 17.2 Å². The van der Waals surface area contributed by atoms with Crippen LogP contribution < -0.4 is 14.8 Å². The van der Waals surface area contributed by atoms with Gasteiger partial charge in [-0.2, -0.15) is 4.98 Å². The summed E-state index contributed by atoms with van der Waals surface area (Å²) in [6.07, 6.45) is 1.55. The number of hydrogen-bond donors (Lipinski definition) is 2. The largest absolute Gasteiger partial charge is 0.475 e. The van der Waals surface area contributed by atoms with Gasteiger partial charge in [0.25, 0.3) is 15.9 Å². The monoisotopic (exact) mass is 508 g/mol. The van der Waals surface area contributed by atoms with Crippen molar-refractivity contribution in [3.8, 4) is 17.1 Å². The molecule has 0 aliphatic carbocycles. The molecule has 1 aliphatic rings. The van der Waals surface area contributed by atoms with E-state index in [1.165, 1.54) is 12.1 Å². The predicted molar refractivity (Wildman–Crippen MR) is 140 cm³/mol. The van der Waals surface area contributed by atoms with Gasteiger partial charge in [-0.05, 0) is 61.4 Å². The first-order valence-electron chi connectivity index (χ1n) is 11.9. The van der Waals surface area contributed by atoms with E-state index in [1.807, 2.05) is 32.0 Å². The Morgan fingerprint density at radius 1 is 1.03 bits per heavy atom. The van der Waals surface area contributed by atoms with Crippen LogP contribution in [-0.2, 0) is 10.0 Å². The number of rotatable bonds is 3. The van der Waals surface area contributed by atoms with Crippen LogP contribution in [0.3, 0.4) is 0 Å². The third-order valence-corrected chi connectivity index (χ3v) is 7.41. The lowest BCUT2D eigenvalue weighted by molar-refractivity contribution is 0.0912. The van der Waals surface area contributed by atoms with E-state index in [0.717, 1.165) is 23.1 Å². The number of amides is 1. The van der Waals surface area contributed by atoms with Gasteiger partial charge in [-0.25, -0.2) is 18.1 Å². The number of fused-ring (bicyclic) bond motifs is 4. The molecule has 0 radical (unpaired) electrons. The standard InChI is InChI=1S/C27H32N4O4S/c1-17-8-6-9-18(2)24(17)22-15-23-30-26(29-22)31-36(33,34)21-11-7-10-19(14-21)25(32)28-20(16-35-23)12-13-27(3,4)5/h6-11,14-15,20H,12-13,16H2,1-5H3,(H,28,32)(H,29,30,31). The Bertz CT molecular complexity index is 1380. The Morgan fingerprint density at radius 3 is 2.42 bits per heavy atom. The first-order valence-corrected chi connectivity index (χ1v) is 13.4. The second-order valence-corrected chi connectivity index (χ2v) is 12.1. The number of nitrogens with one attached hydrogen (secondary N) is 2. The Balaban J connectivity index is 1.82. The van der Waals surface area contributed by atoms with Gasteiger partial charge in [-0.1, -0.05) is 45.0 Å². The molecule has 36 heavy (non-hydrogen) atoms. The second-order valence-electron chi connectivity index (χ2n) is 10.4.